The van der Waals surface area contributed by atoms with Gasteiger partial charge in [-0.1, -0.05) is 54.6 Å². The van der Waals surface area contributed by atoms with Gasteiger partial charge in [0.1, 0.15) is 11.5 Å². The first-order chi connectivity index (χ1) is 19.3. The first-order valence-corrected chi connectivity index (χ1v) is 15.2. The Hall–Kier alpha value is -3.20. The number of hydrogen-bond donors (Lipinski definition) is 3. The van der Waals surface area contributed by atoms with Crippen LogP contribution in [0.1, 0.15) is 48.8 Å². The van der Waals surface area contributed by atoms with Crippen LogP contribution < -0.4 is 15.6 Å². The molecular weight excluding hydrogens is 543 g/mol. The molecule has 0 unspecified atom stereocenters. The van der Waals surface area contributed by atoms with Crippen LogP contribution in [0.2, 0.25) is 0 Å². The van der Waals surface area contributed by atoms with Crippen molar-refractivity contribution in [2.45, 2.75) is 51.5 Å². The van der Waals surface area contributed by atoms with Gasteiger partial charge in [0.25, 0.3) is 0 Å². The van der Waals surface area contributed by atoms with E-state index < -0.39 is 7.82 Å². The van der Waals surface area contributed by atoms with E-state index in [0.717, 1.165) is 43.4 Å². The summed E-state index contributed by atoms with van der Waals surface area (Å²) in [4.78, 5) is 32.5. The van der Waals surface area contributed by atoms with Gasteiger partial charge < -0.3 is 30.3 Å². The van der Waals surface area contributed by atoms with Crippen LogP contribution in [0.5, 0.6) is 11.5 Å². The van der Waals surface area contributed by atoms with E-state index in [1.54, 1.807) is 12.0 Å². The molecular formula is C31H43N2O7P. The van der Waals surface area contributed by atoms with Gasteiger partial charge in [-0.3, -0.25) is 9.32 Å². The number of nitrogens with zero attached hydrogens (tertiary/aromatic N) is 1. The Morgan fingerprint density at radius 2 is 1.34 bits per heavy atom. The fourth-order valence-corrected chi connectivity index (χ4v) is 4.61. The molecule has 0 saturated heterocycles. The maximum Gasteiger partial charge on any atom is 0.469 e. The molecule has 1 amide bonds. The largest absolute Gasteiger partial charge is 0.497 e. The summed E-state index contributed by atoms with van der Waals surface area (Å²) in [6, 6.07) is 25.9. The van der Waals surface area contributed by atoms with Crippen LogP contribution >= 0.6 is 7.82 Å². The number of ether oxygens (including phenoxy) is 2. The van der Waals surface area contributed by atoms with Crippen LogP contribution in [-0.4, -0.2) is 47.5 Å². The second-order valence-corrected chi connectivity index (χ2v) is 10.9. The van der Waals surface area contributed by atoms with Gasteiger partial charge in [-0.05, 0) is 79.5 Å². The average molecular weight is 587 g/mol. The Kier molecular flexibility index (Phi) is 15.2. The lowest BCUT2D eigenvalue weighted by Crippen LogP contribution is -2.33. The van der Waals surface area contributed by atoms with Crippen molar-refractivity contribution in [3.05, 3.63) is 95.6 Å². The van der Waals surface area contributed by atoms with Crippen LogP contribution in [-0.2, 0) is 33.3 Å². The molecule has 0 aliphatic carbocycles. The predicted molar refractivity (Wildman–Crippen MR) is 160 cm³/mol. The van der Waals surface area contributed by atoms with Crippen molar-refractivity contribution < 1.29 is 33.1 Å². The lowest BCUT2D eigenvalue weighted by Gasteiger charge is -2.23. The highest BCUT2D eigenvalue weighted by Crippen LogP contribution is 2.35. The van der Waals surface area contributed by atoms with E-state index in [0.29, 0.717) is 31.7 Å². The van der Waals surface area contributed by atoms with E-state index in [9.17, 15) is 9.36 Å². The first-order valence-electron chi connectivity index (χ1n) is 13.7. The van der Waals surface area contributed by atoms with Crippen molar-refractivity contribution >= 4 is 13.7 Å². The minimum absolute atomic E-state index is 0. The molecule has 41 heavy (non-hydrogen) atoms. The van der Waals surface area contributed by atoms with Crippen LogP contribution in [0.15, 0.2) is 78.9 Å². The quantitative estimate of drug-likeness (QED) is 0.120. The Bertz CT molecular complexity index is 1190. The second kappa shape index (κ2) is 18.3. The highest BCUT2D eigenvalue weighted by atomic mass is 31.2. The predicted octanol–water partition coefficient (Wildman–Crippen LogP) is 6.11. The summed E-state index contributed by atoms with van der Waals surface area (Å²) in [7, 11) is -3.01. The summed E-state index contributed by atoms with van der Waals surface area (Å²) in [5.74, 6) is 1.50. The molecule has 3 rings (SSSR count). The fraction of sp³-hybridized carbons (Fsp3) is 0.387. The van der Waals surface area contributed by atoms with Crippen molar-refractivity contribution in [2.24, 2.45) is 0 Å². The summed E-state index contributed by atoms with van der Waals surface area (Å²) in [6.07, 6.45) is 5.91. The molecule has 0 atom stereocenters. The van der Waals surface area contributed by atoms with Crippen LogP contribution in [0, 0.1) is 0 Å². The van der Waals surface area contributed by atoms with Gasteiger partial charge in [0, 0.05) is 19.5 Å². The number of carbonyl (C=O) groups excluding carboxylic acids is 1. The monoisotopic (exact) mass is 586 g/mol. The highest BCUT2D eigenvalue weighted by molar-refractivity contribution is 7.46. The van der Waals surface area contributed by atoms with Gasteiger partial charge in [-0.2, -0.15) is 0 Å². The van der Waals surface area contributed by atoms with Crippen molar-refractivity contribution in [3.63, 3.8) is 0 Å². The van der Waals surface area contributed by atoms with Gasteiger partial charge in [0.2, 0.25) is 5.91 Å². The van der Waals surface area contributed by atoms with Crippen LogP contribution in [0.4, 0.5) is 0 Å². The Labute approximate surface area is 243 Å². The number of amides is 1. The molecule has 5 N–H and O–H groups in total. The van der Waals surface area contributed by atoms with E-state index in [4.69, 9.17) is 19.3 Å². The molecule has 0 fully saturated rings. The highest BCUT2D eigenvalue weighted by Gasteiger charge is 2.18. The van der Waals surface area contributed by atoms with Crippen molar-refractivity contribution in [1.82, 2.24) is 11.1 Å². The maximum atomic E-state index is 12.9. The molecule has 0 aliphatic rings. The molecule has 0 saturated carbocycles. The molecule has 0 aromatic heterocycles. The van der Waals surface area contributed by atoms with Gasteiger partial charge in [0.05, 0.1) is 20.3 Å². The zero-order chi connectivity index (χ0) is 28.6. The number of phosphoric ester groups is 1. The van der Waals surface area contributed by atoms with E-state index in [1.807, 2.05) is 42.5 Å². The number of carbonyl (C=O) groups is 1. The Morgan fingerprint density at radius 1 is 0.756 bits per heavy atom. The number of phosphoric acid groups is 1. The van der Waals surface area contributed by atoms with E-state index >= 15 is 0 Å². The van der Waals surface area contributed by atoms with Crippen LogP contribution in [0.3, 0.4) is 0 Å². The third-order valence-electron chi connectivity index (χ3n) is 6.51. The first kappa shape index (κ1) is 34.0. The standard InChI is InChI=1S/C31H40NO7P.H3N/c1-37-29-18-16-28(17-19-29)25-32(22-24-39-40(34,35)36)31(33)13-6-5-11-27-14-20-30(21-15-27)38-23-8-7-12-26-9-3-2-4-10-26;/h2-4,9-10,14-21H,5-8,11-13,22-25H2,1H3,(H2,34,35,36);1H3. The molecule has 3 aromatic rings. The number of aryl methyl sites for hydroxylation is 2. The number of methoxy groups -OCH3 is 1. The molecule has 0 aliphatic heterocycles. The molecule has 3 aromatic carbocycles. The lowest BCUT2D eigenvalue weighted by atomic mass is 10.1. The Morgan fingerprint density at radius 3 is 1.98 bits per heavy atom. The third-order valence-corrected chi connectivity index (χ3v) is 7.03. The van der Waals surface area contributed by atoms with Crippen molar-refractivity contribution in [2.75, 3.05) is 26.9 Å². The number of unbranched alkanes of at least 4 members (excludes halogenated alkanes) is 2. The van der Waals surface area contributed by atoms with Gasteiger partial charge in [-0.25, -0.2) is 4.57 Å². The van der Waals surface area contributed by atoms with E-state index in [2.05, 4.69) is 40.9 Å². The van der Waals surface area contributed by atoms with Gasteiger partial charge in [0.15, 0.2) is 0 Å². The van der Waals surface area contributed by atoms with Crippen LogP contribution in [0.25, 0.3) is 0 Å². The molecule has 224 valence electrons. The summed E-state index contributed by atoms with van der Waals surface area (Å²) in [6.45, 7) is 0.860. The maximum absolute atomic E-state index is 12.9. The Balaban J connectivity index is 0.00000588. The second-order valence-electron chi connectivity index (χ2n) is 9.63. The summed E-state index contributed by atoms with van der Waals surface area (Å²) < 4.78 is 26.7. The summed E-state index contributed by atoms with van der Waals surface area (Å²) in [5, 5.41) is 0. The molecule has 0 spiro atoms. The SMILES string of the molecule is COc1ccc(CN(CCOP(=O)(O)O)C(=O)CCCCc2ccc(OCCCCc3ccccc3)cc2)cc1.N. The molecule has 0 bridgehead atoms. The number of hydrogen-bond acceptors (Lipinski definition) is 6. The normalized spacial score (nSPS) is 11.0. The zero-order valence-corrected chi connectivity index (χ0v) is 24.7. The van der Waals surface area contributed by atoms with E-state index in [1.165, 1.54) is 11.1 Å². The lowest BCUT2D eigenvalue weighted by molar-refractivity contribution is -0.132. The number of benzene rings is 3. The molecule has 0 heterocycles. The zero-order valence-electron chi connectivity index (χ0n) is 23.8. The summed E-state index contributed by atoms with van der Waals surface area (Å²) >= 11 is 0. The minimum Gasteiger partial charge on any atom is -0.497 e. The number of rotatable bonds is 18. The molecule has 10 heteroatoms. The van der Waals surface area contributed by atoms with Crippen molar-refractivity contribution in [1.29, 1.82) is 0 Å². The molecule has 9 nitrogen and oxygen atoms in total. The van der Waals surface area contributed by atoms with Gasteiger partial charge >= 0.3 is 7.82 Å². The van der Waals surface area contributed by atoms with Crippen molar-refractivity contribution in [3.8, 4) is 11.5 Å². The third kappa shape index (κ3) is 13.8. The fourth-order valence-electron chi connectivity index (χ4n) is 4.29. The van der Waals surface area contributed by atoms with Gasteiger partial charge in [-0.15, -0.1) is 0 Å². The summed E-state index contributed by atoms with van der Waals surface area (Å²) in [5.41, 5.74) is 3.44. The minimum atomic E-state index is -4.59. The molecule has 0 radical (unpaired) electrons. The average Bonchev–Trinajstić information content (AvgIpc) is 2.95. The van der Waals surface area contributed by atoms with E-state index in [-0.39, 0.29) is 25.2 Å². The topological polar surface area (TPSA) is 141 Å². The smallest absolute Gasteiger partial charge is 0.469 e.